The van der Waals surface area contributed by atoms with Gasteiger partial charge in [-0.3, -0.25) is 4.79 Å². The van der Waals surface area contributed by atoms with E-state index in [0.29, 0.717) is 11.3 Å². The van der Waals surface area contributed by atoms with E-state index in [9.17, 15) is 4.79 Å². The highest BCUT2D eigenvalue weighted by atomic mass is 16.3. The summed E-state index contributed by atoms with van der Waals surface area (Å²) in [6, 6.07) is 3.91. The fourth-order valence-corrected chi connectivity index (χ4v) is 3.03. The van der Waals surface area contributed by atoms with Crippen molar-refractivity contribution in [3.8, 4) is 0 Å². The Labute approximate surface area is 141 Å². The highest BCUT2D eigenvalue weighted by Crippen LogP contribution is 2.20. The summed E-state index contributed by atoms with van der Waals surface area (Å²) in [7, 11) is 1.84. The van der Waals surface area contributed by atoms with Crippen LogP contribution in [0.25, 0.3) is 0 Å². The van der Waals surface area contributed by atoms with Crippen LogP contribution in [-0.2, 0) is 0 Å². The molecule has 0 spiro atoms. The topological polar surface area (TPSA) is 83.3 Å². The van der Waals surface area contributed by atoms with E-state index in [0.717, 1.165) is 43.3 Å². The standard InChI is InChI=1S/C17H23N5O2/c1-11-8-14(12(2)24-11)17(23)21-13-4-6-22(7-5-13)16-9-15(18-3)19-10-20-16/h8-10,13H,4-7H2,1-3H3,(H,21,23)(H,18,19,20). The largest absolute Gasteiger partial charge is 0.466 e. The lowest BCUT2D eigenvalue weighted by Crippen LogP contribution is -2.45. The Morgan fingerprint density at radius 1 is 1.25 bits per heavy atom. The molecule has 2 N–H and O–H groups in total. The summed E-state index contributed by atoms with van der Waals surface area (Å²) in [6.45, 7) is 5.38. The van der Waals surface area contributed by atoms with Crippen LogP contribution >= 0.6 is 0 Å². The normalized spacial score (nSPS) is 15.4. The molecule has 0 saturated carbocycles. The molecule has 1 amide bonds. The molecular weight excluding hydrogens is 306 g/mol. The average Bonchev–Trinajstić information content (AvgIpc) is 2.94. The Morgan fingerprint density at radius 2 is 2.00 bits per heavy atom. The lowest BCUT2D eigenvalue weighted by Gasteiger charge is -2.33. The predicted octanol–water partition coefficient (Wildman–Crippen LogP) is 2.13. The summed E-state index contributed by atoms with van der Waals surface area (Å²) in [5.41, 5.74) is 0.629. The summed E-state index contributed by atoms with van der Waals surface area (Å²) in [5, 5.41) is 6.14. The van der Waals surface area contributed by atoms with Gasteiger partial charge in [-0.1, -0.05) is 0 Å². The van der Waals surface area contributed by atoms with Gasteiger partial charge < -0.3 is 20.0 Å². The third-order valence-corrected chi connectivity index (χ3v) is 4.35. The Hall–Kier alpha value is -2.57. The van der Waals surface area contributed by atoms with Crippen LogP contribution in [0.2, 0.25) is 0 Å². The van der Waals surface area contributed by atoms with Crippen molar-refractivity contribution >= 4 is 17.5 Å². The van der Waals surface area contributed by atoms with E-state index in [1.807, 2.05) is 27.0 Å². The molecule has 3 rings (SSSR count). The van der Waals surface area contributed by atoms with Crippen molar-refractivity contribution in [2.75, 3.05) is 30.4 Å². The third kappa shape index (κ3) is 3.50. The van der Waals surface area contributed by atoms with Gasteiger partial charge in [0.2, 0.25) is 0 Å². The van der Waals surface area contributed by atoms with Crippen molar-refractivity contribution in [1.29, 1.82) is 0 Å². The van der Waals surface area contributed by atoms with E-state index in [4.69, 9.17) is 4.42 Å². The molecule has 7 nitrogen and oxygen atoms in total. The number of furan rings is 1. The molecule has 0 unspecified atom stereocenters. The van der Waals surface area contributed by atoms with Crippen LogP contribution in [0.4, 0.5) is 11.6 Å². The number of hydrogen-bond acceptors (Lipinski definition) is 6. The minimum atomic E-state index is -0.0534. The van der Waals surface area contributed by atoms with E-state index in [2.05, 4.69) is 25.5 Å². The molecule has 0 aromatic carbocycles. The van der Waals surface area contributed by atoms with Crippen molar-refractivity contribution < 1.29 is 9.21 Å². The molecule has 2 aromatic heterocycles. The van der Waals surface area contributed by atoms with Gasteiger partial charge in [-0.15, -0.1) is 0 Å². The second kappa shape index (κ2) is 6.90. The van der Waals surface area contributed by atoms with Gasteiger partial charge in [0.1, 0.15) is 29.5 Å². The van der Waals surface area contributed by atoms with Crippen molar-refractivity contribution in [3.05, 3.63) is 35.5 Å². The second-order valence-corrected chi connectivity index (χ2v) is 6.07. The van der Waals surface area contributed by atoms with E-state index in [1.165, 1.54) is 0 Å². The Morgan fingerprint density at radius 3 is 2.62 bits per heavy atom. The lowest BCUT2D eigenvalue weighted by atomic mass is 10.0. The maximum absolute atomic E-state index is 12.4. The number of aromatic nitrogens is 2. The number of nitrogens with zero attached hydrogens (tertiary/aromatic N) is 3. The van der Waals surface area contributed by atoms with Crippen molar-refractivity contribution in [2.24, 2.45) is 0 Å². The first-order valence-corrected chi connectivity index (χ1v) is 8.19. The SMILES string of the molecule is CNc1cc(N2CCC(NC(=O)c3cc(C)oc3C)CC2)ncn1. The molecule has 128 valence electrons. The Kier molecular flexibility index (Phi) is 4.69. The number of amides is 1. The van der Waals surface area contributed by atoms with Gasteiger partial charge in [-0.25, -0.2) is 9.97 Å². The van der Waals surface area contributed by atoms with E-state index >= 15 is 0 Å². The summed E-state index contributed by atoms with van der Waals surface area (Å²) in [6.07, 6.45) is 3.35. The van der Waals surface area contributed by atoms with Gasteiger partial charge in [-0.2, -0.15) is 0 Å². The Bertz CT molecular complexity index is 720. The average molecular weight is 329 g/mol. The number of anilines is 2. The van der Waals surface area contributed by atoms with E-state index < -0.39 is 0 Å². The monoisotopic (exact) mass is 329 g/mol. The van der Waals surface area contributed by atoms with E-state index in [1.54, 1.807) is 12.4 Å². The van der Waals surface area contributed by atoms with Crippen molar-refractivity contribution in [3.63, 3.8) is 0 Å². The first-order chi connectivity index (χ1) is 11.6. The molecule has 0 radical (unpaired) electrons. The number of hydrogen-bond donors (Lipinski definition) is 2. The maximum atomic E-state index is 12.4. The first-order valence-electron chi connectivity index (χ1n) is 8.19. The molecule has 1 fully saturated rings. The van der Waals surface area contributed by atoms with Gasteiger partial charge in [0.25, 0.3) is 5.91 Å². The molecule has 1 aliphatic rings. The number of rotatable bonds is 4. The molecular formula is C17H23N5O2. The minimum Gasteiger partial charge on any atom is -0.466 e. The van der Waals surface area contributed by atoms with E-state index in [-0.39, 0.29) is 11.9 Å². The van der Waals surface area contributed by atoms with Crippen LogP contribution in [0, 0.1) is 13.8 Å². The lowest BCUT2D eigenvalue weighted by molar-refractivity contribution is 0.0929. The van der Waals surface area contributed by atoms with Gasteiger partial charge >= 0.3 is 0 Å². The first kappa shape index (κ1) is 16.3. The number of nitrogens with one attached hydrogen (secondary N) is 2. The Balaban J connectivity index is 1.57. The van der Waals surface area contributed by atoms with Crippen LogP contribution in [-0.4, -0.2) is 42.1 Å². The molecule has 1 aliphatic heterocycles. The summed E-state index contributed by atoms with van der Waals surface area (Å²) < 4.78 is 5.43. The zero-order valence-corrected chi connectivity index (χ0v) is 14.3. The van der Waals surface area contributed by atoms with Crippen LogP contribution < -0.4 is 15.5 Å². The van der Waals surface area contributed by atoms with Crippen LogP contribution in [0.3, 0.4) is 0 Å². The third-order valence-electron chi connectivity index (χ3n) is 4.35. The number of aryl methyl sites for hydroxylation is 2. The highest BCUT2D eigenvalue weighted by molar-refractivity contribution is 5.95. The fourth-order valence-electron chi connectivity index (χ4n) is 3.03. The van der Waals surface area contributed by atoms with Crippen molar-refractivity contribution in [1.82, 2.24) is 15.3 Å². The van der Waals surface area contributed by atoms with Gasteiger partial charge in [0, 0.05) is 32.2 Å². The minimum absolute atomic E-state index is 0.0534. The molecule has 0 aliphatic carbocycles. The molecule has 2 aromatic rings. The molecule has 24 heavy (non-hydrogen) atoms. The van der Waals surface area contributed by atoms with Crippen LogP contribution in [0.15, 0.2) is 22.9 Å². The smallest absolute Gasteiger partial charge is 0.255 e. The summed E-state index contributed by atoms with van der Waals surface area (Å²) in [4.78, 5) is 23.1. The van der Waals surface area contributed by atoms with Crippen molar-refractivity contribution in [2.45, 2.75) is 32.7 Å². The summed E-state index contributed by atoms with van der Waals surface area (Å²) >= 11 is 0. The molecule has 3 heterocycles. The second-order valence-electron chi connectivity index (χ2n) is 6.07. The van der Waals surface area contributed by atoms with Crippen LogP contribution in [0.1, 0.15) is 34.7 Å². The van der Waals surface area contributed by atoms with Gasteiger partial charge in [0.15, 0.2) is 0 Å². The summed E-state index contributed by atoms with van der Waals surface area (Å²) in [5.74, 6) is 3.10. The van der Waals surface area contributed by atoms with Gasteiger partial charge in [0.05, 0.1) is 5.56 Å². The molecule has 0 bridgehead atoms. The maximum Gasteiger partial charge on any atom is 0.255 e. The fraction of sp³-hybridized carbons (Fsp3) is 0.471. The zero-order chi connectivity index (χ0) is 17.1. The highest BCUT2D eigenvalue weighted by Gasteiger charge is 2.23. The zero-order valence-electron chi connectivity index (χ0n) is 14.3. The molecule has 7 heteroatoms. The van der Waals surface area contributed by atoms with Crippen LogP contribution in [0.5, 0.6) is 0 Å². The number of piperidine rings is 1. The molecule has 0 atom stereocenters. The molecule has 1 saturated heterocycles. The quantitative estimate of drug-likeness (QED) is 0.894. The number of carbonyl (C=O) groups excluding carboxylic acids is 1. The number of carbonyl (C=O) groups is 1. The van der Waals surface area contributed by atoms with Gasteiger partial charge in [-0.05, 0) is 32.8 Å². The predicted molar refractivity (Wildman–Crippen MR) is 92.5 cm³/mol.